The van der Waals surface area contributed by atoms with Crippen LogP contribution < -0.4 is 0 Å². The van der Waals surface area contributed by atoms with Gasteiger partial charge >= 0.3 is 6.03 Å². The number of carbonyl (C=O) groups excluding carboxylic acids is 1. The molecule has 0 radical (unpaired) electrons. The smallest absolute Gasteiger partial charge is 0.320 e. The first-order chi connectivity index (χ1) is 14.2. The molecule has 0 unspecified atom stereocenters. The topological polar surface area (TPSA) is 99.3 Å². The van der Waals surface area contributed by atoms with Crippen LogP contribution >= 0.6 is 11.6 Å². The fourth-order valence-corrected chi connectivity index (χ4v) is 6.23. The fraction of sp³-hybridized carbons (Fsp3) is 0.550. The van der Waals surface area contributed by atoms with Crippen LogP contribution in [-0.4, -0.2) is 71.6 Å². The molecular formula is C20H26ClN5O3S. The Morgan fingerprint density at radius 3 is 2.60 bits per heavy atom. The van der Waals surface area contributed by atoms with Gasteiger partial charge in [0.05, 0.1) is 22.5 Å². The summed E-state index contributed by atoms with van der Waals surface area (Å²) in [6.07, 6.45) is 2.61. The number of H-pyrrole nitrogens is 1. The maximum atomic E-state index is 12.8. The van der Waals surface area contributed by atoms with E-state index in [1.54, 1.807) is 24.4 Å². The molecule has 30 heavy (non-hydrogen) atoms. The minimum atomic E-state index is -3.34. The van der Waals surface area contributed by atoms with Crippen LogP contribution in [-0.2, 0) is 9.84 Å². The summed E-state index contributed by atoms with van der Waals surface area (Å²) >= 11 is 6.42. The SMILES string of the molecule is CC(C)CS(=O)(=O)c1ccc(C2CN(C(=O)N3CC[C@H](c4cnn[nH]4)C3)C2)c(Cl)c1. The van der Waals surface area contributed by atoms with Crippen molar-refractivity contribution in [1.82, 2.24) is 25.2 Å². The summed E-state index contributed by atoms with van der Waals surface area (Å²) in [6, 6.07) is 5.00. The molecule has 1 aromatic heterocycles. The first-order valence-electron chi connectivity index (χ1n) is 10.2. The van der Waals surface area contributed by atoms with Gasteiger partial charge in [-0.2, -0.15) is 0 Å². The summed E-state index contributed by atoms with van der Waals surface area (Å²) in [5.74, 6) is 0.517. The van der Waals surface area contributed by atoms with Crippen LogP contribution in [0.5, 0.6) is 0 Å². The molecule has 2 fully saturated rings. The van der Waals surface area contributed by atoms with Crippen LogP contribution in [0, 0.1) is 5.92 Å². The highest BCUT2D eigenvalue weighted by Crippen LogP contribution is 2.35. The number of sulfone groups is 1. The minimum Gasteiger partial charge on any atom is -0.324 e. The first-order valence-corrected chi connectivity index (χ1v) is 12.2. The third-order valence-electron chi connectivity index (χ3n) is 5.81. The number of nitrogens with one attached hydrogen (secondary N) is 1. The Morgan fingerprint density at radius 1 is 1.23 bits per heavy atom. The molecule has 0 bridgehead atoms. The molecule has 8 nitrogen and oxygen atoms in total. The number of aromatic amines is 1. The van der Waals surface area contributed by atoms with E-state index in [9.17, 15) is 13.2 Å². The number of aromatic nitrogens is 3. The summed E-state index contributed by atoms with van der Waals surface area (Å²) in [6.45, 7) is 6.30. The molecule has 1 atom stereocenters. The zero-order valence-electron chi connectivity index (χ0n) is 17.1. The zero-order valence-corrected chi connectivity index (χ0v) is 18.7. The second-order valence-corrected chi connectivity index (χ2v) is 11.0. The second-order valence-electron chi connectivity index (χ2n) is 8.59. The number of benzene rings is 1. The number of likely N-dealkylation sites (tertiary alicyclic amines) is 2. The lowest BCUT2D eigenvalue weighted by molar-refractivity contribution is 0.121. The molecule has 0 aliphatic carbocycles. The van der Waals surface area contributed by atoms with Crippen molar-refractivity contribution in [3.8, 4) is 0 Å². The van der Waals surface area contributed by atoms with Crippen molar-refractivity contribution in [3.63, 3.8) is 0 Å². The molecule has 3 heterocycles. The summed E-state index contributed by atoms with van der Waals surface area (Å²) in [7, 11) is -3.34. The van der Waals surface area contributed by atoms with Crippen molar-refractivity contribution in [2.75, 3.05) is 31.9 Å². The number of nitrogens with zero attached hydrogens (tertiary/aromatic N) is 4. The minimum absolute atomic E-state index is 0.0356. The Hall–Kier alpha value is -2.13. The Balaban J connectivity index is 1.36. The predicted octanol–water partition coefficient (Wildman–Crippen LogP) is 2.90. The van der Waals surface area contributed by atoms with E-state index in [2.05, 4.69) is 15.4 Å². The molecule has 4 rings (SSSR count). The number of urea groups is 1. The van der Waals surface area contributed by atoms with Gasteiger partial charge in [0.1, 0.15) is 0 Å². The lowest BCUT2D eigenvalue weighted by Crippen LogP contribution is -2.53. The third-order valence-corrected chi connectivity index (χ3v) is 8.21. The molecule has 2 aromatic rings. The van der Waals surface area contributed by atoms with Gasteiger partial charge in [-0.05, 0) is 30.0 Å². The van der Waals surface area contributed by atoms with Crippen molar-refractivity contribution in [1.29, 1.82) is 0 Å². The summed E-state index contributed by atoms with van der Waals surface area (Å²) in [5, 5.41) is 10.9. The Kier molecular flexibility index (Phi) is 5.76. The average molecular weight is 452 g/mol. The van der Waals surface area contributed by atoms with E-state index in [1.807, 2.05) is 23.6 Å². The van der Waals surface area contributed by atoms with E-state index < -0.39 is 9.84 Å². The monoisotopic (exact) mass is 451 g/mol. The van der Waals surface area contributed by atoms with Gasteiger partial charge in [0.25, 0.3) is 0 Å². The van der Waals surface area contributed by atoms with Gasteiger partial charge in [-0.15, -0.1) is 5.10 Å². The summed E-state index contributed by atoms with van der Waals surface area (Å²) in [5.41, 5.74) is 1.86. The number of hydrogen-bond acceptors (Lipinski definition) is 5. The zero-order chi connectivity index (χ0) is 21.5. The molecule has 2 aliphatic heterocycles. The largest absolute Gasteiger partial charge is 0.324 e. The van der Waals surface area contributed by atoms with Crippen LogP contribution in [0.25, 0.3) is 0 Å². The second kappa shape index (κ2) is 8.19. The van der Waals surface area contributed by atoms with Crippen molar-refractivity contribution >= 4 is 27.5 Å². The first kappa shape index (κ1) is 21.1. The van der Waals surface area contributed by atoms with E-state index in [1.165, 1.54) is 0 Å². The number of carbonyl (C=O) groups is 1. The molecular weight excluding hydrogens is 426 g/mol. The summed E-state index contributed by atoms with van der Waals surface area (Å²) in [4.78, 5) is 16.7. The molecule has 162 valence electrons. The molecule has 0 spiro atoms. The van der Waals surface area contributed by atoms with Crippen molar-refractivity contribution in [3.05, 3.63) is 40.7 Å². The van der Waals surface area contributed by atoms with Crippen molar-refractivity contribution in [2.45, 2.75) is 37.0 Å². The number of rotatable bonds is 5. The Morgan fingerprint density at radius 2 is 1.97 bits per heavy atom. The Labute approximate surface area is 181 Å². The van der Waals surface area contributed by atoms with Gasteiger partial charge in [0, 0.05) is 43.0 Å². The highest BCUT2D eigenvalue weighted by Gasteiger charge is 2.38. The van der Waals surface area contributed by atoms with Gasteiger partial charge < -0.3 is 9.80 Å². The number of halogens is 1. The molecule has 10 heteroatoms. The lowest BCUT2D eigenvalue weighted by atomic mass is 9.92. The Bertz CT molecular complexity index is 1020. The fourth-order valence-electron chi connectivity index (χ4n) is 4.19. The van der Waals surface area contributed by atoms with E-state index in [4.69, 9.17) is 11.6 Å². The highest BCUT2D eigenvalue weighted by molar-refractivity contribution is 7.91. The van der Waals surface area contributed by atoms with Gasteiger partial charge in [-0.3, -0.25) is 5.10 Å². The maximum absolute atomic E-state index is 12.8. The predicted molar refractivity (Wildman–Crippen MR) is 113 cm³/mol. The van der Waals surface area contributed by atoms with Crippen LogP contribution in [0.3, 0.4) is 0 Å². The lowest BCUT2D eigenvalue weighted by Gasteiger charge is -2.41. The molecule has 1 aromatic carbocycles. The normalized spacial score (nSPS) is 20.1. The highest BCUT2D eigenvalue weighted by atomic mass is 35.5. The molecule has 2 amide bonds. The van der Waals surface area contributed by atoms with Gasteiger partial charge in [0.2, 0.25) is 0 Å². The average Bonchev–Trinajstić information content (AvgIpc) is 3.32. The maximum Gasteiger partial charge on any atom is 0.320 e. The van der Waals surface area contributed by atoms with Crippen LogP contribution in [0.1, 0.15) is 43.4 Å². The van der Waals surface area contributed by atoms with Crippen LogP contribution in [0.15, 0.2) is 29.3 Å². The van der Waals surface area contributed by atoms with Crippen LogP contribution in [0.2, 0.25) is 5.02 Å². The number of hydrogen-bond donors (Lipinski definition) is 1. The quantitative estimate of drug-likeness (QED) is 0.753. The molecule has 0 saturated carbocycles. The third kappa shape index (κ3) is 4.18. The molecule has 2 saturated heterocycles. The standard InChI is InChI=1S/C20H26ClN5O3S/c1-13(2)12-30(28,29)16-3-4-17(18(21)7-16)15-10-26(11-15)20(27)25-6-5-14(9-25)19-8-22-24-23-19/h3-4,7-8,13-15H,5-6,9-12H2,1-2H3,(H,22,23,24)/t14-/m0/s1. The van der Waals surface area contributed by atoms with E-state index in [0.29, 0.717) is 31.2 Å². The summed E-state index contributed by atoms with van der Waals surface area (Å²) < 4.78 is 24.9. The van der Waals surface area contributed by atoms with Crippen LogP contribution in [0.4, 0.5) is 4.79 Å². The van der Waals surface area contributed by atoms with E-state index >= 15 is 0 Å². The van der Waals surface area contributed by atoms with Gasteiger partial charge in [-0.1, -0.05) is 36.7 Å². The van der Waals surface area contributed by atoms with E-state index in [0.717, 1.165) is 17.7 Å². The molecule has 2 aliphatic rings. The van der Waals surface area contributed by atoms with E-state index in [-0.39, 0.29) is 34.4 Å². The molecule has 1 N–H and O–H groups in total. The van der Waals surface area contributed by atoms with Gasteiger partial charge in [-0.25, -0.2) is 13.2 Å². The van der Waals surface area contributed by atoms with Crippen molar-refractivity contribution < 1.29 is 13.2 Å². The number of amides is 2. The van der Waals surface area contributed by atoms with Gasteiger partial charge in [0.15, 0.2) is 9.84 Å². The van der Waals surface area contributed by atoms with Crippen molar-refractivity contribution in [2.24, 2.45) is 5.92 Å².